The van der Waals surface area contributed by atoms with Crippen LogP contribution in [0, 0.1) is 19.8 Å². The summed E-state index contributed by atoms with van der Waals surface area (Å²) in [7, 11) is 1.94. The number of carbonyl (C=O) groups excluding carboxylic acids is 1. The molecule has 1 amide bonds. The van der Waals surface area contributed by atoms with Gasteiger partial charge in [-0.15, -0.1) is 0 Å². The molecule has 0 fully saturated rings. The number of para-hydroxylation sites is 1. The van der Waals surface area contributed by atoms with Crippen molar-refractivity contribution < 1.29 is 9.53 Å². The zero-order chi connectivity index (χ0) is 17.1. The minimum Gasteiger partial charge on any atom is -0.493 e. The monoisotopic (exact) mass is 327 g/mol. The molecule has 24 heavy (non-hydrogen) atoms. The molecule has 1 unspecified atom stereocenters. The fraction of sp³-hybridized carbons (Fsp3) is 0.474. The summed E-state index contributed by atoms with van der Waals surface area (Å²) < 4.78 is 7.64. The van der Waals surface area contributed by atoms with Gasteiger partial charge >= 0.3 is 0 Å². The zero-order valence-electron chi connectivity index (χ0n) is 14.6. The number of hydrogen-bond donors (Lipinski definition) is 1. The minimum atomic E-state index is 0.0940. The third-order valence-corrected chi connectivity index (χ3v) is 4.80. The number of aromatic nitrogens is 2. The number of nitrogens with one attached hydrogen (secondary N) is 1. The third-order valence-electron chi connectivity index (χ3n) is 4.80. The Morgan fingerprint density at radius 3 is 2.92 bits per heavy atom. The molecular weight excluding hydrogens is 302 g/mol. The van der Waals surface area contributed by atoms with E-state index >= 15 is 0 Å². The normalized spacial score (nSPS) is 16.4. The standard InChI is InChI=1S/C19H25N3O2/c1-13-17(14(2)22(3)21-13)8-9-19(23)20-11-15-10-16-6-4-5-7-18(16)24-12-15/h4-7,15H,8-12H2,1-3H3,(H,20,23). The Kier molecular flexibility index (Phi) is 4.88. The minimum absolute atomic E-state index is 0.0940. The number of amides is 1. The lowest BCUT2D eigenvalue weighted by Crippen LogP contribution is -2.34. The summed E-state index contributed by atoms with van der Waals surface area (Å²) in [6, 6.07) is 8.12. The highest BCUT2D eigenvalue weighted by molar-refractivity contribution is 5.76. The Morgan fingerprint density at radius 1 is 1.38 bits per heavy atom. The second kappa shape index (κ2) is 7.07. The van der Waals surface area contributed by atoms with Crippen LogP contribution in [0.15, 0.2) is 24.3 Å². The van der Waals surface area contributed by atoms with Crippen molar-refractivity contribution in [3.05, 3.63) is 46.8 Å². The third kappa shape index (κ3) is 3.61. The molecule has 0 radical (unpaired) electrons. The smallest absolute Gasteiger partial charge is 0.220 e. The van der Waals surface area contributed by atoms with Gasteiger partial charge in [0.15, 0.2) is 0 Å². The summed E-state index contributed by atoms with van der Waals surface area (Å²) in [5.74, 6) is 1.41. The first-order valence-electron chi connectivity index (χ1n) is 8.51. The lowest BCUT2D eigenvalue weighted by Gasteiger charge is -2.25. The lowest BCUT2D eigenvalue weighted by molar-refractivity contribution is -0.121. The molecule has 3 rings (SSSR count). The van der Waals surface area contributed by atoms with Crippen molar-refractivity contribution in [3.8, 4) is 5.75 Å². The topological polar surface area (TPSA) is 56.2 Å². The van der Waals surface area contributed by atoms with Gasteiger partial charge in [-0.25, -0.2) is 0 Å². The molecule has 5 nitrogen and oxygen atoms in total. The predicted molar refractivity (Wildman–Crippen MR) is 93.1 cm³/mol. The van der Waals surface area contributed by atoms with Crippen LogP contribution in [0.3, 0.4) is 0 Å². The molecule has 0 aliphatic carbocycles. The van der Waals surface area contributed by atoms with E-state index in [2.05, 4.69) is 16.5 Å². The Labute approximate surface area is 143 Å². The van der Waals surface area contributed by atoms with E-state index in [0.29, 0.717) is 25.5 Å². The van der Waals surface area contributed by atoms with E-state index in [-0.39, 0.29) is 5.91 Å². The van der Waals surface area contributed by atoms with E-state index < -0.39 is 0 Å². The molecule has 128 valence electrons. The van der Waals surface area contributed by atoms with E-state index in [1.54, 1.807) is 0 Å². The summed E-state index contributed by atoms with van der Waals surface area (Å²) in [4.78, 5) is 12.2. The van der Waals surface area contributed by atoms with Crippen molar-refractivity contribution in [1.29, 1.82) is 0 Å². The molecule has 0 saturated heterocycles. The Bertz CT molecular complexity index is 736. The van der Waals surface area contributed by atoms with E-state index in [1.807, 2.05) is 43.8 Å². The van der Waals surface area contributed by atoms with E-state index in [0.717, 1.165) is 30.0 Å². The maximum atomic E-state index is 12.2. The van der Waals surface area contributed by atoms with Crippen LogP contribution in [-0.2, 0) is 24.7 Å². The summed E-state index contributed by atoms with van der Waals surface area (Å²) >= 11 is 0. The Hall–Kier alpha value is -2.30. The maximum Gasteiger partial charge on any atom is 0.220 e. The van der Waals surface area contributed by atoms with Crippen LogP contribution in [0.4, 0.5) is 0 Å². The number of fused-ring (bicyclic) bond motifs is 1. The number of benzene rings is 1. The highest BCUT2D eigenvalue weighted by Gasteiger charge is 2.20. The number of ether oxygens (including phenoxy) is 1. The van der Waals surface area contributed by atoms with Crippen molar-refractivity contribution in [3.63, 3.8) is 0 Å². The maximum absolute atomic E-state index is 12.2. The molecule has 1 atom stereocenters. The van der Waals surface area contributed by atoms with Crippen LogP contribution >= 0.6 is 0 Å². The van der Waals surface area contributed by atoms with Gasteiger partial charge in [0, 0.05) is 31.6 Å². The largest absolute Gasteiger partial charge is 0.493 e. The zero-order valence-corrected chi connectivity index (χ0v) is 14.6. The predicted octanol–water partition coefficient (Wildman–Crippen LogP) is 2.34. The van der Waals surface area contributed by atoms with Crippen molar-refractivity contribution >= 4 is 5.91 Å². The molecular formula is C19H25N3O2. The fourth-order valence-corrected chi connectivity index (χ4v) is 3.29. The van der Waals surface area contributed by atoms with Crippen LogP contribution in [0.25, 0.3) is 0 Å². The molecule has 5 heteroatoms. The van der Waals surface area contributed by atoms with Crippen molar-refractivity contribution in [2.45, 2.75) is 33.1 Å². The fourth-order valence-electron chi connectivity index (χ4n) is 3.29. The van der Waals surface area contributed by atoms with Gasteiger partial charge in [-0.05, 0) is 43.9 Å². The van der Waals surface area contributed by atoms with Gasteiger partial charge in [0.1, 0.15) is 5.75 Å². The highest BCUT2D eigenvalue weighted by atomic mass is 16.5. The van der Waals surface area contributed by atoms with Crippen molar-refractivity contribution in [2.75, 3.05) is 13.2 Å². The van der Waals surface area contributed by atoms with Gasteiger partial charge in [0.25, 0.3) is 0 Å². The summed E-state index contributed by atoms with van der Waals surface area (Å²) in [6.07, 6.45) is 2.19. The molecule has 0 bridgehead atoms. The second-order valence-electron chi connectivity index (χ2n) is 6.57. The molecule has 2 aromatic rings. The van der Waals surface area contributed by atoms with E-state index in [1.165, 1.54) is 11.1 Å². The SMILES string of the molecule is Cc1nn(C)c(C)c1CCC(=O)NCC1COc2ccccc2C1. The first-order valence-corrected chi connectivity index (χ1v) is 8.51. The molecule has 1 aromatic heterocycles. The van der Waals surface area contributed by atoms with Crippen molar-refractivity contribution in [1.82, 2.24) is 15.1 Å². The average Bonchev–Trinajstić information content (AvgIpc) is 2.83. The van der Waals surface area contributed by atoms with Crippen LogP contribution in [0.1, 0.15) is 28.9 Å². The molecule has 1 N–H and O–H groups in total. The second-order valence-corrected chi connectivity index (χ2v) is 6.57. The number of nitrogens with zero attached hydrogens (tertiary/aromatic N) is 2. The average molecular weight is 327 g/mol. The van der Waals surface area contributed by atoms with Crippen LogP contribution < -0.4 is 10.1 Å². The van der Waals surface area contributed by atoms with Gasteiger partial charge in [-0.1, -0.05) is 18.2 Å². The molecule has 0 spiro atoms. The molecule has 1 aromatic carbocycles. The number of rotatable bonds is 5. The number of aryl methyl sites for hydroxylation is 2. The van der Waals surface area contributed by atoms with Crippen LogP contribution in [0.2, 0.25) is 0 Å². The lowest BCUT2D eigenvalue weighted by atomic mass is 9.96. The first-order chi connectivity index (χ1) is 11.5. The van der Waals surface area contributed by atoms with Gasteiger partial charge < -0.3 is 10.1 Å². The number of carbonyl (C=O) groups is 1. The highest BCUT2D eigenvalue weighted by Crippen LogP contribution is 2.26. The first kappa shape index (κ1) is 16.6. The molecule has 1 aliphatic rings. The Balaban J connectivity index is 1.46. The van der Waals surface area contributed by atoms with Gasteiger partial charge in [0.2, 0.25) is 5.91 Å². The molecule has 1 aliphatic heterocycles. The quantitative estimate of drug-likeness (QED) is 0.917. The summed E-state index contributed by atoms with van der Waals surface area (Å²) in [5.41, 5.74) is 4.56. The van der Waals surface area contributed by atoms with Crippen molar-refractivity contribution in [2.24, 2.45) is 13.0 Å². The Morgan fingerprint density at radius 2 is 2.17 bits per heavy atom. The summed E-state index contributed by atoms with van der Waals surface area (Å²) in [5, 5.41) is 7.45. The van der Waals surface area contributed by atoms with E-state index in [9.17, 15) is 4.79 Å². The summed E-state index contributed by atoms with van der Waals surface area (Å²) in [6.45, 7) is 5.37. The van der Waals surface area contributed by atoms with Crippen LogP contribution in [0.5, 0.6) is 5.75 Å². The number of hydrogen-bond acceptors (Lipinski definition) is 3. The van der Waals surface area contributed by atoms with E-state index in [4.69, 9.17) is 4.74 Å². The van der Waals surface area contributed by atoms with Gasteiger partial charge in [-0.2, -0.15) is 5.10 Å². The molecule has 0 saturated carbocycles. The van der Waals surface area contributed by atoms with Gasteiger partial charge in [0.05, 0.1) is 12.3 Å². The van der Waals surface area contributed by atoms with Gasteiger partial charge in [-0.3, -0.25) is 9.48 Å². The molecule has 2 heterocycles. The van der Waals surface area contributed by atoms with Crippen LogP contribution in [-0.4, -0.2) is 28.8 Å².